The SMILES string of the molecule is CC(C(=O)O)S(=O)(=O)Nc1ccccc1-c1ccccc1. The Morgan fingerprint density at radius 3 is 2.24 bits per heavy atom. The molecule has 5 nitrogen and oxygen atoms in total. The fraction of sp³-hybridized carbons (Fsp3) is 0.133. The predicted octanol–water partition coefficient (Wildman–Crippen LogP) is 2.57. The van der Waals surface area contributed by atoms with E-state index in [9.17, 15) is 13.2 Å². The summed E-state index contributed by atoms with van der Waals surface area (Å²) in [4.78, 5) is 10.9. The van der Waals surface area contributed by atoms with Gasteiger partial charge in [-0.05, 0) is 18.6 Å². The quantitative estimate of drug-likeness (QED) is 0.889. The van der Waals surface area contributed by atoms with E-state index in [1.807, 2.05) is 30.3 Å². The second-order valence-electron chi connectivity index (χ2n) is 4.54. The molecule has 2 rings (SSSR count). The summed E-state index contributed by atoms with van der Waals surface area (Å²) in [6.07, 6.45) is 0. The number of hydrogen-bond donors (Lipinski definition) is 2. The van der Waals surface area contributed by atoms with Gasteiger partial charge in [0.25, 0.3) is 0 Å². The number of rotatable bonds is 5. The highest BCUT2D eigenvalue weighted by atomic mass is 32.2. The molecule has 2 aromatic rings. The smallest absolute Gasteiger partial charge is 0.323 e. The first-order valence-electron chi connectivity index (χ1n) is 6.30. The Labute approximate surface area is 123 Å². The van der Waals surface area contributed by atoms with Gasteiger partial charge in [0.15, 0.2) is 5.25 Å². The van der Waals surface area contributed by atoms with Gasteiger partial charge < -0.3 is 5.11 Å². The molecule has 0 aliphatic heterocycles. The number of anilines is 1. The lowest BCUT2D eigenvalue weighted by molar-refractivity contribution is -0.136. The van der Waals surface area contributed by atoms with Crippen LogP contribution in [0.3, 0.4) is 0 Å². The van der Waals surface area contributed by atoms with E-state index < -0.39 is 21.2 Å². The molecule has 0 heterocycles. The molecule has 0 amide bonds. The lowest BCUT2D eigenvalue weighted by atomic mass is 10.0. The summed E-state index contributed by atoms with van der Waals surface area (Å²) in [5.41, 5.74) is 1.90. The topological polar surface area (TPSA) is 83.5 Å². The number of para-hydroxylation sites is 1. The van der Waals surface area contributed by atoms with Crippen molar-refractivity contribution in [2.24, 2.45) is 0 Å². The Kier molecular flexibility index (Phi) is 4.28. The molecule has 2 N–H and O–H groups in total. The van der Waals surface area contributed by atoms with Gasteiger partial charge in [0.05, 0.1) is 5.69 Å². The van der Waals surface area contributed by atoms with Crippen molar-refractivity contribution in [3.8, 4) is 11.1 Å². The largest absolute Gasteiger partial charge is 0.480 e. The van der Waals surface area contributed by atoms with Crippen molar-refractivity contribution < 1.29 is 18.3 Å². The minimum atomic E-state index is -3.99. The molecular weight excluding hydrogens is 290 g/mol. The number of carboxylic acids is 1. The summed E-state index contributed by atoms with van der Waals surface area (Å²) in [5, 5.41) is 7.34. The molecule has 0 bridgehead atoms. The Balaban J connectivity index is 2.41. The number of aliphatic carboxylic acids is 1. The van der Waals surface area contributed by atoms with Crippen molar-refractivity contribution in [1.82, 2.24) is 0 Å². The minimum Gasteiger partial charge on any atom is -0.480 e. The third-order valence-corrected chi connectivity index (χ3v) is 4.71. The molecular formula is C15H15NO4S. The molecule has 0 fully saturated rings. The summed E-state index contributed by atoms with van der Waals surface area (Å²) in [6.45, 7) is 1.13. The molecule has 0 aliphatic carbocycles. The maximum Gasteiger partial charge on any atom is 0.323 e. The second-order valence-corrected chi connectivity index (χ2v) is 6.54. The van der Waals surface area contributed by atoms with Crippen LogP contribution in [0.5, 0.6) is 0 Å². The van der Waals surface area contributed by atoms with E-state index in [2.05, 4.69) is 4.72 Å². The number of sulfonamides is 1. The normalized spacial score (nSPS) is 12.6. The van der Waals surface area contributed by atoms with Gasteiger partial charge in [-0.1, -0.05) is 48.5 Å². The van der Waals surface area contributed by atoms with Crippen molar-refractivity contribution in [3.05, 3.63) is 54.6 Å². The van der Waals surface area contributed by atoms with Crippen LogP contribution in [0, 0.1) is 0 Å². The Hall–Kier alpha value is -2.34. The van der Waals surface area contributed by atoms with E-state index >= 15 is 0 Å². The number of carbonyl (C=O) groups is 1. The van der Waals surface area contributed by atoms with E-state index in [1.165, 1.54) is 0 Å². The van der Waals surface area contributed by atoms with Crippen molar-refractivity contribution in [3.63, 3.8) is 0 Å². The summed E-state index contributed by atoms with van der Waals surface area (Å²) in [5.74, 6) is -1.39. The Morgan fingerprint density at radius 1 is 1.05 bits per heavy atom. The van der Waals surface area contributed by atoms with Crippen LogP contribution in [0.15, 0.2) is 54.6 Å². The van der Waals surface area contributed by atoms with Gasteiger partial charge in [0.1, 0.15) is 0 Å². The van der Waals surface area contributed by atoms with Crippen molar-refractivity contribution in [2.75, 3.05) is 4.72 Å². The fourth-order valence-electron chi connectivity index (χ4n) is 1.82. The van der Waals surface area contributed by atoms with Gasteiger partial charge in [-0.2, -0.15) is 0 Å². The second kappa shape index (κ2) is 5.97. The van der Waals surface area contributed by atoms with E-state index in [0.29, 0.717) is 11.3 Å². The van der Waals surface area contributed by atoms with E-state index in [0.717, 1.165) is 12.5 Å². The third-order valence-electron chi connectivity index (χ3n) is 3.08. The molecule has 0 aromatic heterocycles. The number of benzene rings is 2. The van der Waals surface area contributed by atoms with Crippen LogP contribution in [0.4, 0.5) is 5.69 Å². The summed E-state index contributed by atoms with van der Waals surface area (Å²) < 4.78 is 26.4. The van der Waals surface area contributed by atoms with Crippen molar-refractivity contribution in [1.29, 1.82) is 0 Å². The zero-order valence-electron chi connectivity index (χ0n) is 11.4. The van der Waals surface area contributed by atoms with Crippen LogP contribution in [0.1, 0.15) is 6.92 Å². The average Bonchev–Trinajstić information content (AvgIpc) is 2.47. The van der Waals surface area contributed by atoms with Crippen LogP contribution < -0.4 is 4.72 Å². The Bertz CT molecular complexity index is 741. The predicted molar refractivity (Wildman–Crippen MR) is 81.5 cm³/mol. The highest BCUT2D eigenvalue weighted by molar-refractivity contribution is 7.94. The van der Waals surface area contributed by atoms with Crippen LogP contribution >= 0.6 is 0 Å². The monoisotopic (exact) mass is 305 g/mol. The first-order chi connectivity index (χ1) is 9.92. The third kappa shape index (κ3) is 3.41. The fourth-order valence-corrected chi connectivity index (χ4v) is 2.74. The molecule has 6 heteroatoms. The van der Waals surface area contributed by atoms with Gasteiger partial charge >= 0.3 is 5.97 Å². The number of hydrogen-bond acceptors (Lipinski definition) is 3. The van der Waals surface area contributed by atoms with Crippen LogP contribution in [-0.2, 0) is 14.8 Å². The molecule has 110 valence electrons. The average molecular weight is 305 g/mol. The standard InChI is InChI=1S/C15H15NO4S/c1-11(15(17)18)21(19,20)16-14-10-6-5-9-13(14)12-7-3-2-4-8-12/h2-11,16H,1H3,(H,17,18). The summed E-state index contributed by atoms with van der Waals surface area (Å²) in [7, 11) is -3.99. The molecule has 0 saturated heterocycles. The lowest BCUT2D eigenvalue weighted by Gasteiger charge is -2.14. The highest BCUT2D eigenvalue weighted by Gasteiger charge is 2.28. The highest BCUT2D eigenvalue weighted by Crippen LogP contribution is 2.28. The van der Waals surface area contributed by atoms with Gasteiger partial charge in [-0.15, -0.1) is 0 Å². The number of carboxylic acid groups (broad SMARTS) is 1. The van der Waals surface area contributed by atoms with Crippen LogP contribution in [-0.4, -0.2) is 24.7 Å². The van der Waals surface area contributed by atoms with Crippen molar-refractivity contribution in [2.45, 2.75) is 12.2 Å². The molecule has 0 spiro atoms. The van der Waals surface area contributed by atoms with Gasteiger partial charge in [0, 0.05) is 5.56 Å². The molecule has 2 aromatic carbocycles. The van der Waals surface area contributed by atoms with Crippen LogP contribution in [0.25, 0.3) is 11.1 Å². The molecule has 1 unspecified atom stereocenters. The molecule has 1 atom stereocenters. The Morgan fingerprint density at radius 2 is 1.62 bits per heavy atom. The summed E-state index contributed by atoms with van der Waals surface area (Å²) >= 11 is 0. The summed E-state index contributed by atoms with van der Waals surface area (Å²) in [6, 6.07) is 16.1. The molecule has 0 saturated carbocycles. The van der Waals surface area contributed by atoms with E-state index in [1.54, 1.807) is 24.3 Å². The zero-order valence-corrected chi connectivity index (χ0v) is 12.2. The maximum absolute atomic E-state index is 12.0. The van der Waals surface area contributed by atoms with E-state index in [4.69, 9.17) is 5.11 Å². The van der Waals surface area contributed by atoms with Gasteiger partial charge in [0.2, 0.25) is 10.0 Å². The van der Waals surface area contributed by atoms with E-state index in [-0.39, 0.29) is 0 Å². The lowest BCUT2D eigenvalue weighted by Crippen LogP contribution is -2.32. The zero-order chi connectivity index (χ0) is 15.5. The first-order valence-corrected chi connectivity index (χ1v) is 7.85. The molecule has 0 aliphatic rings. The van der Waals surface area contributed by atoms with Crippen LogP contribution in [0.2, 0.25) is 0 Å². The van der Waals surface area contributed by atoms with Crippen molar-refractivity contribution >= 4 is 21.7 Å². The molecule has 0 radical (unpaired) electrons. The first kappa shape index (κ1) is 15.1. The minimum absolute atomic E-state index is 0.358. The van der Waals surface area contributed by atoms with Gasteiger partial charge in [-0.25, -0.2) is 8.42 Å². The molecule has 21 heavy (non-hydrogen) atoms. The van der Waals surface area contributed by atoms with Gasteiger partial charge in [-0.3, -0.25) is 9.52 Å². The number of nitrogens with one attached hydrogen (secondary N) is 1. The maximum atomic E-state index is 12.0.